The molecular weight excluding hydrogens is 464 g/mol. The molecule has 2 aromatic heterocycles. The summed E-state index contributed by atoms with van der Waals surface area (Å²) in [5.41, 5.74) is 2.62. The van der Waals surface area contributed by atoms with Crippen LogP contribution in [0.1, 0.15) is 5.56 Å². The second kappa shape index (κ2) is 8.46. The number of primary sulfonamides is 1. The molecule has 0 saturated carbocycles. The molecule has 10 nitrogen and oxygen atoms in total. The smallest absolute Gasteiger partial charge is 0.238 e. The largest absolute Gasteiger partial charge is 0.364 e. The molecule has 4 rings (SSSR count). The zero-order valence-corrected chi connectivity index (χ0v) is 19.5. The average molecular weight is 487 g/mol. The first-order valence-electron chi connectivity index (χ1n) is 9.77. The maximum Gasteiger partial charge on any atom is 0.238 e. The second-order valence-corrected chi connectivity index (χ2v) is 11.0. The molecule has 4 aromatic rings. The first-order chi connectivity index (χ1) is 15.5. The Morgan fingerprint density at radius 3 is 2.33 bits per heavy atom. The lowest BCUT2D eigenvalue weighted by Crippen LogP contribution is -2.12. The minimum absolute atomic E-state index is 0.000577. The Kier molecular flexibility index (Phi) is 5.82. The molecule has 0 radical (unpaired) electrons. The molecule has 4 N–H and O–H groups in total. The maximum absolute atomic E-state index is 12.1. The molecule has 0 aliphatic heterocycles. The Balaban J connectivity index is 1.66. The lowest BCUT2D eigenvalue weighted by atomic mass is 10.2. The van der Waals surface area contributed by atoms with Gasteiger partial charge in [-0.3, -0.25) is 0 Å². The summed E-state index contributed by atoms with van der Waals surface area (Å²) < 4.78 is 49.0. The van der Waals surface area contributed by atoms with Crippen molar-refractivity contribution in [1.82, 2.24) is 14.5 Å². The number of nitrogens with one attached hydrogen (secondary N) is 2. The molecule has 172 valence electrons. The lowest BCUT2D eigenvalue weighted by molar-refractivity contribution is 0.597. The molecule has 12 heteroatoms. The first kappa shape index (κ1) is 22.7. The predicted molar refractivity (Wildman–Crippen MR) is 126 cm³/mol. The van der Waals surface area contributed by atoms with Crippen molar-refractivity contribution in [1.29, 1.82) is 0 Å². The predicted octanol–water partition coefficient (Wildman–Crippen LogP) is 2.37. The van der Waals surface area contributed by atoms with E-state index in [4.69, 9.17) is 5.14 Å². The van der Waals surface area contributed by atoms with E-state index >= 15 is 0 Å². The summed E-state index contributed by atoms with van der Waals surface area (Å²) in [6, 6.07) is 14.5. The van der Waals surface area contributed by atoms with E-state index in [1.54, 1.807) is 36.4 Å². The monoisotopic (exact) mass is 486 g/mol. The Bertz CT molecular complexity index is 1550. The van der Waals surface area contributed by atoms with Crippen molar-refractivity contribution in [3.63, 3.8) is 0 Å². The summed E-state index contributed by atoms with van der Waals surface area (Å²) in [6.07, 6.45) is 3.02. The Labute approximate surface area is 191 Å². The highest BCUT2D eigenvalue weighted by atomic mass is 32.2. The third-order valence-corrected chi connectivity index (χ3v) is 7.10. The highest BCUT2D eigenvalue weighted by molar-refractivity contribution is 7.90. The van der Waals surface area contributed by atoms with Gasteiger partial charge in [-0.25, -0.2) is 27.0 Å². The SMILES string of the molecule is Cn1ccc2nc(Nc3ccc(S(N)(=O)=O)cc3)nc(NCc3ccccc3S(C)(=O)=O)c21. The van der Waals surface area contributed by atoms with Crippen LogP contribution >= 0.6 is 0 Å². The molecule has 0 bridgehead atoms. The molecule has 0 saturated heterocycles. The van der Waals surface area contributed by atoms with Crippen molar-refractivity contribution in [3.8, 4) is 0 Å². The minimum Gasteiger partial charge on any atom is -0.364 e. The van der Waals surface area contributed by atoms with Gasteiger partial charge in [0, 0.05) is 31.7 Å². The van der Waals surface area contributed by atoms with Gasteiger partial charge in [-0.1, -0.05) is 18.2 Å². The summed E-state index contributed by atoms with van der Waals surface area (Å²) in [7, 11) is -5.31. The summed E-state index contributed by atoms with van der Waals surface area (Å²) in [5, 5.41) is 11.4. The van der Waals surface area contributed by atoms with Gasteiger partial charge >= 0.3 is 0 Å². The highest BCUT2D eigenvalue weighted by Crippen LogP contribution is 2.26. The number of rotatable bonds is 7. The van der Waals surface area contributed by atoms with Gasteiger partial charge < -0.3 is 15.2 Å². The number of anilines is 3. The van der Waals surface area contributed by atoms with Gasteiger partial charge in [0.2, 0.25) is 16.0 Å². The van der Waals surface area contributed by atoms with Crippen LogP contribution in [-0.4, -0.2) is 37.6 Å². The molecule has 0 amide bonds. The summed E-state index contributed by atoms with van der Waals surface area (Å²) in [5.74, 6) is 0.801. The third kappa shape index (κ3) is 4.97. The van der Waals surface area contributed by atoms with Crippen LogP contribution in [-0.2, 0) is 33.5 Å². The molecular formula is C21H22N6O4S2. The molecule has 0 unspecified atom stereocenters. The standard InChI is InChI=1S/C21H22N6O4S2/c1-27-12-11-17-19(27)20(23-13-14-5-3-4-6-18(14)32(2,28)29)26-21(25-17)24-15-7-9-16(10-8-15)33(22,30)31/h3-12H,13H2,1-2H3,(H2,22,30,31)(H2,23,24,25,26). The third-order valence-electron chi connectivity index (χ3n) is 4.98. The summed E-state index contributed by atoms with van der Waals surface area (Å²) in [4.78, 5) is 9.33. The number of nitrogens with zero attached hydrogens (tertiary/aromatic N) is 3. The number of hydrogen-bond donors (Lipinski definition) is 3. The fourth-order valence-electron chi connectivity index (χ4n) is 3.42. The van der Waals surface area contributed by atoms with E-state index in [2.05, 4.69) is 20.6 Å². The van der Waals surface area contributed by atoms with Crippen molar-refractivity contribution >= 4 is 48.3 Å². The van der Waals surface area contributed by atoms with Crippen molar-refractivity contribution in [2.24, 2.45) is 12.2 Å². The quantitative estimate of drug-likeness (QED) is 0.360. The molecule has 0 fully saturated rings. The van der Waals surface area contributed by atoms with E-state index in [1.165, 1.54) is 18.4 Å². The van der Waals surface area contributed by atoms with Crippen LogP contribution in [0.15, 0.2) is 70.6 Å². The van der Waals surface area contributed by atoms with E-state index in [0.717, 1.165) is 5.52 Å². The van der Waals surface area contributed by atoms with E-state index in [1.807, 2.05) is 23.9 Å². The second-order valence-electron chi connectivity index (χ2n) is 7.48. The van der Waals surface area contributed by atoms with Crippen LogP contribution < -0.4 is 15.8 Å². The van der Waals surface area contributed by atoms with Gasteiger partial charge in [-0.05, 0) is 42.0 Å². The van der Waals surface area contributed by atoms with Gasteiger partial charge in [-0.15, -0.1) is 0 Å². The number of benzene rings is 2. The lowest BCUT2D eigenvalue weighted by Gasteiger charge is -2.13. The van der Waals surface area contributed by atoms with E-state index in [-0.39, 0.29) is 22.3 Å². The number of nitrogens with two attached hydrogens (primary N) is 1. The van der Waals surface area contributed by atoms with E-state index in [0.29, 0.717) is 22.6 Å². The first-order valence-corrected chi connectivity index (χ1v) is 13.2. The molecule has 2 heterocycles. The van der Waals surface area contributed by atoms with Crippen molar-refractivity contribution in [2.45, 2.75) is 16.3 Å². The fourth-order valence-corrected chi connectivity index (χ4v) is 4.88. The van der Waals surface area contributed by atoms with Gasteiger partial charge in [0.25, 0.3) is 0 Å². The zero-order valence-electron chi connectivity index (χ0n) is 17.8. The minimum atomic E-state index is -3.79. The number of aromatic nitrogens is 3. The van der Waals surface area contributed by atoms with E-state index in [9.17, 15) is 16.8 Å². The molecule has 2 aromatic carbocycles. The van der Waals surface area contributed by atoms with Gasteiger partial charge in [0.05, 0.1) is 15.3 Å². The molecule has 0 aliphatic carbocycles. The molecule has 0 aliphatic rings. The van der Waals surface area contributed by atoms with Gasteiger partial charge in [-0.2, -0.15) is 4.98 Å². The number of hydrogen-bond acceptors (Lipinski definition) is 8. The number of sulfonamides is 1. The van der Waals surface area contributed by atoms with Crippen molar-refractivity contribution < 1.29 is 16.8 Å². The normalized spacial score (nSPS) is 12.1. The van der Waals surface area contributed by atoms with Gasteiger partial charge in [0.1, 0.15) is 5.52 Å². The van der Waals surface area contributed by atoms with E-state index < -0.39 is 19.9 Å². The van der Waals surface area contributed by atoms with Crippen LogP contribution in [0.3, 0.4) is 0 Å². The molecule has 33 heavy (non-hydrogen) atoms. The summed E-state index contributed by atoms with van der Waals surface area (Å²) >= 11 is 0. The van der Waals surface area contributed by atoms with Crippen molar-refractivity contribution in [2.75, 3.05) is 16.9 Å². The number of aryl methyl sites for hydroxylation is 1. The van der Waals surface area contributed by atoms with Crippen LogP contribution in [0.4, 0.5) is 17.5 Å². The van der Waals surface area contributed by atoms with Crippen molar-refractivity contribution in [3.05, 3.63) is 66.4 Å². The maximum atomic E-state index is 12.1. The Morgan fingerprint density at radius 2 is 1.67 bits per heavy atom. The molecule has 0 spiro atoms. The van der Waals surface area contributed by atoms with Crippen LogP contribution in [0.25, 0.3) is 11.0 Å². The average Bonchev–Trinajstić information content (AvgIpc) is 3.12. The van der Waals surface area contributed by atoms with Crippen LogP contribution in [0, 0.1) is 0 Å². The molecule has 0 atom stereocenters. The fraction of sp³-hybridized carbons (Fsp3) is 0.143. The number of sulfone groups is 1. The Hall–Kier alpha value is -3.48. The van der Waals surface area contributed by atoms with Crippen LogP contribution in [0.2, 0.25) is 0 Å². The Morgan fingerprint density at radius 1 is 0.970 bits per heavy atom. The zero-order chi connectivity index (χ0) is 23.8. The topological polar surface area (TPSA) is 149 Å². The van der Waals surface area contributed by atoms with Crippen LogP contribution in [0.5, 0.6) is 0 Å². The summed E-state index contributed by atoms with van der Waals surface area (Å²) in [6.45, 7) is 0.239. The highest BCUT2D eigenvalue weighted by Gasteiger charge is 2.15. The number of fused-ring (bicyclic) bond motifs is 1. The van der Waals surface area contributed by atoms with Gasteiger partial charge in [0.15, 0.2) is 15.7 Å².